The third-order valence-corrected chi connectivity index (χ3v) is 12.0. The molecule has 3 saturated heterocycles. The molecule has 4 aromatic rings. The van der Waals surface area contributed by atoms with E-state index in [1.54, 1.807) is 6.92 Å². The number of nitrogens with zero attached hydrogens (tertiary/aromatic N) is 5. The molecule has 0 spiro atoms. The molecule has 53 heavy (non-hydrogen) atoms. The number of benzene rings is 2. The Bertz CT molecular complexity index is 2110. The van der Waals surface area contributed by atoms with Crippen LogP contribution in [0.4, 0.5) is 27.8 Å². The lowest BCUT2D eigenvalue weighted by molar-refractivity contribution is -0.239. The maximum atomic E-state index is 17.1. The van der Waals surface area contributed by atoms with Gasteiger partial charge < -0.3 is 29.7 Å². The number of rotatable bonds is 9. The Morgan fingerprint density at radius 1 is 1.02 bits per heavy atom. The van der Waals surface area contributed by atoms with Crippen molar-refractivity contribution in [2.24, 2.45) is 10.8 Å². The first-order chi connectivity index (χ1) is 25.4. The molecule has 1 saturated carbocycles. The number of piperazine rings is 1. The van der Waals surface area contributed by atoms with Gasteiger partial charge in [-0.2, -0.15) is 23.1 Å². The van der Waals surface area contributed by atoms with Gasteiger partial charge in [-0.1, -0.05) is 18.9 Å². The normalized spacial score (nSPS) is 22.3. The van der Waals surface area contributed by atoms with Gasteiger partial charge in [0.25, 0.3) is 0 Å². The van der Waals surface area contributed by atoms with Crippen molar-refractivity contribution < 1.29 is 36.5 Å². The fraction of sp³-hybridized carbons (Fsp3) is 0.513. The first-order valence-electron chi connectivity index (χ1n) is 18.2. The van der Waals surface area contributed by atoms with Gasteiger partial charge in [-0.05, 0) is 81.6 Å². The van der Waals surface area contributed by atoms with Crippen LogP contribution in [0.3, 0.4) is 0 Å². The number of aromatic hydroxyl groups is 1. The quantitative estimate of drug-likeness (QED) is 0.140. The standard InChI is InChI=1S/C39H41F5N6O3/c1-4-26-28(40)9-6-22-16-25(51)17-27(29(22)26)32-31(41)33-30(35(46-32)52-3)34(50-18-23-7-8-24(19-50)45-23)48-36(47-33)53-21-37(10-11-37)20-49-14-12-38(5-2,13-15-49)39(42,43)44/h1,6,9,16-17,23-24,45,51H,5,7-8,10-15,18-21H2,2-3H3. The van der Waals surface area contributed by atoms with Crippen LogP contribution < -0.4 is 19.7 Å². The highest BCUT2D eigenvalue weighted by Crippen LogP contribution is 2.51. The summed E-state index contributed by atoms with van der Waals surface area (Å²) < 4.78 is 85.9. The van der Waals surface area contributed by atoms with E-state index in [2.05, 4.69) is 31.0 Å². The number of anilines is 1. The average molecular weight is 737 g/mol. The van der Waals surface area contributed by atoms with Crippen LogP contribution in [0, 0.1) is 34.8 Å². The van der Waals surface area contributed by atoms with E-state index in [1.807, 2.05) is 0 Å². The number of likely N-dealkylation sites (tertiary alicyclic amines) is 1. The number of piperidine rings is 1. The van der Waals surface area contributed by atoms with Crippen molar-refractivity contribution in [1.29, 1.82) is 0 Å². The Hall–Kier alpha value is -4.48. The number of methoxy groups -OCH3 is 1. The lowest BCUT2D eigenvalue weighted by Crippen LogP contribution is -2.51. The molecule has 2 aromatic heterocycles. The Labute approximate surface area is 303 Å². The number of phenols is 1. The Morgan fingerprint density at radius 2 is 1.74 bits per heavy atom. The van der Waals surface area contributed by atoms with Crippen molar-refractivity contribution in [1.82, 2.24) is 25.2 Å². The maximum absolute atomic E-state index is 17.1. The molecule has 2 atom stereocenters. The van der Waals surface area contributed by atoms with Gasteiger partial charge in [0.05, 0.1) is 24.7 Å². The van der Waals surface area contributed by atoms with Gasteiger partial charge in [0.15, 0.2) is 5.82 Å². The van der Waals surface area contributed by atoms with Gasteiger partial charge in [-0.15, -0.1) is 6.42 Å². The van der Waals surface area contributed by atoms with Gasteiger partial charge in [0.1, 0.15) is 34.0 Å². The summed E-state index contributed by atoms with van der Waals surface area (Å²) in [5.41, 5.74) is -2.36. The van der Waals surface area contributed by atoms with Crippen LogP contribution in [0.1, 0.15) is 57.4 Å². The first-order valence-corrected chi connectivity index (χ1v) is 18.2. The van der Waals surface area contributed by atoms with Crippen molar-refractivity contribution in [2.75, 3.05) is 51.3 Å². The number of terminal acetylenes is 1. The molecule has 5 heterocycles. The molecule has 2 bridgehead atoms. The molecule has 8 rings (SSSR count). The van der Waals surface area contributed by atoms with Gasteiger partial charge >= 0.3 is 12.2 Å². The zero-order valence-corrected chi connectivity index (χ0v) is 29.6. The number of halogens is 5. The van der Waals surface area contributed by atoms with E-state index >= 15 is 4.39 Å². The molecular formula is C39H41F5N6O3. The molecule has 0 amide bonds. The van der Waals surface area contributed by atoms with Crippen LogP contribution in [0.15, 0.2) is 24.3 Å². The van der Waals surface area contributed by atoms with Gasteiger partial charge in [-0.25, -0.2) is 13.8 Å². The highest BCUT2D eigenvalue weighted by Gasteiger charge is 2.55. The van der Waals surface area contributed by atoms with Crippen LogP contribution in [0.5, 0.6) is 17.6 Å². The molecule has 3 aliphatic heterocycles. The highest BCUT2D eigenvalue weighted by atomic mass is 19.4. The molecule has 280 valence electrons. The zero-order valence-electron chi connectivity index (χ0n) is 29.6. The summed E-state index contributed by atoms with van der Waals surface area (Å²) in [5.74, 6) is 1.05. The number of hydrogen-bond acceptors (Lipinski definition) is 9. The smallest absolute Gasteiger partial charge is 0.394 e. The van der Waals surface area contributed by atoms with Gasteiger partial charge in [0.2, 0.25) is 5.88 Å². The fourth-order valence-electron chi connectivity index (χ4n) is 8.64. The predicted octanol–water partition coefficient (Wildman–Crippen LogP) is 6.97. The van der Waals surface area contributed by atoms with Crippen LogP contribution >= 0.6 is 0 Å². The second kappa shape index (κ2) is 13.1. The van der Waals surface area contributed by atoms with E-state index in [9.17, 15) is 22.7 Å². The largest absolute Gasteiger partial charge is 0.508 e. The number of fused-ring (bicyclic) bond motifs is 4. The lowest BCUT2D eigenvalue weighted by atomic mass is 9.75. The van der Waals surface area contributed by atoms with Crippen molar-refractivity contribution in [2.45, 2.75) is 70.1 Å². The zero-order chi connectivity index (χ0) is 37.3. The monoisotopic (exact) mass is 736 g/mol. The van der Waals surface area contributed by atoms with Crippen molar-refractivity contribution in [3.8, 4) is 41.2 Å². The third-order valence-electron chi connectivity index (χ3n) is 12.0. The minimum Gasteiger partial charge on any atom is -0.508 e. The number of phenolic OH excluding ortho intramolecular Hbond substituents is 1. The second-order valence-electron chi connectivity index (χ2n) is 15.2. The maximum Gasteiger partial charge on any atom is 0.394 e. The molecule has 2 aromatic carbocycles. The summed E-state index contributed by atoms with van der Waals surface area (Å²) in [7, 11) is 1.41. The Morgan fingerprint density at radius 3 is 2.36 bits per heavy atom. The number of nitrogens with one attached hydrogen (secondary N) is 1. The first kappa shape index (κ1) is 35.5. The third kappa shape index (κ3) is 6.25. The number of aromatic nitrogens is 3. The molecule has 2 unspecified atom stereocenters. The summed E-state index contributed by atoms with van der Waals surface area (Å²) in [5, 5.41) is 15.1. The van der Waals surface area contributed by atoms with Gasteiger partial charge in [0, 0.05) is 48.1 Å². The topological polar surface area (TPSA) is 95.9 Å². The van der Waals surface area contributed by atoms with E-state index < -0.39 is 23.2 Å². The van der Waals surface area contributed by atoms with E-state index in [-0.39, 0.29) is 94.1 Å². The summed E-state index contributed by atoms with van der Waals surface area (Å²) in [6.45, 7) is 4.32. The molecule has 14 heteroatoms. The van der Waals surface area contributed by atoms with Crippen LogP contribution in [-0.2, 0) is 0 Å². The van der Waals surface area contributed by atoms with Crippen molar-refractivity contribution in [3.05, 3.63) is 41.5 Å². The minimum atomic E-state index is -4.23. The fourth-order valence-corrected chi connectivity index (χ4v) is 8.64. The molecule has 2 N–H and O–H groups in total. The molecule has 4 fully saturated rings. The molecule has 0 radical (unpaired) electrons. The molecule has 9 nitrogen and oxygen atoms in total. The lowest BCUT2D eigenvalue weighted by Gasteiger charge is -2.43. The van der Waals surface area contributed by atoms with Crippen LogP contribution in [-0.4, -0.2) is 89.7 Å². The number of ether oxygens (including phenoxy) is 2. The Balaban J connectivity index is 1.18. The summed E-state index contributed by atoms with van der Waals surface area (Å²) in [4.78, 5) is 18.2. The SMILES string of the molecule is C#Cc1c(F)ccc2cc(O)cc(-c3nc(OC)c4c(N5CC6CCC(C5)N6)nc(OCC5(CN6CCC(CC)(C(F)(F)F)CC6)CC5)nc4c3F)c12. The summed E-state index contributed by atoms with van der Waals surface area (Å²) in [6, 6.07) is 5.70. The van der Waals surface area contributed by atoms with Crippen molar-refractivity contribution >= 4 is 27.5 Å². The Kier molecular flexibility index (Phi) is 8.80. The number of hydrogen-bond donors (Lipinski definition) is 2. The van der Waals surface area contributed by atoms with Crippen LogP contribution in [0.25, 0.3) is 32.9 Å². The summed E-state index contributed by atoms with van der Waals surface area (Å²) in [6.07, 6.45) is 5.32. The number of pyridine rings is 1. The van der Waals surface area contributed by atoms with Crippen LogP contribution in [0.2, 0.25) is 0 Å². The molecule has 1 aliphatic carbocycles. The predicted molar refractivity (Wildman–Crippen MR) is 190 cm³/mol. The summed E-state index contributed by atoms with van der Waals surface area (Å²) >= 11 is 0. The average Bonchev–Trinajstić information content (AvgIpc) is 3.83. The van der Waals surface area contributed by atoms with E-state index in [1.165, 1.54) is 31.4 Å². The van der Waals surface area contributed by atoms with E-state index in [0.29, 0.717) is 43.9 Å². The van der Waals surface area contributed by atoms with Crippen molar-refractivity contribution in [3.63, 3.8) is 0 Å². The highest BCUT2D eigenvalue weighted by molar-refractivity contribution is 6.04. The van der Waals surface area contributed by atoms with E-state index in [0.717, 1.165) is 25.7 Å². The minimum absolute atomic E-state index is 0.0322. The van der Waals surface area contributed by atoms with E-state index in [4.69, 9.17) is 20.9 Å². The molecule has 4 aliphatic rings. The number of alkyl halides is 3. The molecular weight excluding hydrogens is 695 g/mol. The second-order valence-corrected chi connectivity index (χ2v) is 15.2. The van der Waals surface area contributed by atoms with Gasteiger partial charge in [-0.3, -0.25) is 0 Å².